The van der Waals surface area contributed by atoms with E-state index in [1.54, 1.807) is 18.2 Å². The van der Waals surface area contributed by atoms with Crippen molar-refractivity contribution >= 4 is 0 Å². The van der Waals surface area contributed by atoms with Gasteiger partial charge in [0.1, 0.15) is 11.5 Å². The number of hydrogen-bond donors (Lipinski definition) is 3. The number of hydrogen-bond acceptors (Lipinski definition) is 4. The van der Waals surface area contributed by atoms with Crippen LogP contribution in [-0.4, -0.2) is 40.8 Å². The number of aromatic hydroxyl groups is 2. The van der Waals surface area contributed by atoms with Crippen LogP contribution in [0.3, 0.4) is 0 Å². The molecule has 0 aromatic heterocycles. The molecule has 1 aromatic carbocycles. The van der Waals surface area contributed by atoms with Crippen LogP contribution in [0.5, 0.6) is 11.5 Å². The molecular formula is C15H24N2O2. The molecule has 1 saturated carbocycles. The van der Waals surface area contributed by atoms with E-state index in [1.807, 2.05) is 6.92 Å². The summed E-state index contributed by atoms with van der Waals surface area (Å²) in [7, 11) is 0. The highest BCUT2D eigenvalue weighted by Crippen LogP contribution is 2.32. The summed E-state index contributed by atoms with van der Waals surface area (Å²) < 4.78 is 0. The largest absolute Gasteiger partial charge is 0.507 e. The molecular weight excluding hydrogens is 240 g/mol. The number of phenolic OH excluding ortho intramolecular Hbond substituents is 2. The molecule has 1 aliphatic carbocycles. The second-order valence-electron chi connectivity index (χ2n) is 5.25. The zero-order valence-electron chi connectivity index (χ0n) is 11.8. The van der Waals surface area contributed by atoms with E-state index in [0.29, 0.717) is 5.56 Å². The van der Waals surface area contributed by atoms with E-state index in [9.17, 15) is 10.2 Å². The van der Waals surface area contributed by atoms with Crippen LogP contribution < -0.4 is 5.32 Å². The van der Waals surface area contributed by atoms with Gasteiger partial charge in [0.15, 0.2) is 0 Å². The maximum absolute atomic E-state index is 9.80. The molecule has 0 aliphatic heterocycles. The Morgan fingerprint density at radius 3 is 2.47 bits per heavy atom. The van der Waals surface area contributed by atoms with Crippen LogP contribution in [0.1, 0.15) is 38.3 Å². The first kappa shape index (κ1) is 14.2. The first-order chi connectivity index (χ1) is 9.13. The van der Waals surface area contributed by atoms with E-state index in [0.717, 1.165) is 25.7 Å². The molecule has 0 bridgehead atoms. The highest BCUT2D eigenvalue weighted by Gasteiger charge is 2.27. The summed E-state index contributed by atoms with van der Waals surface area (Å²) in [6.45, 7) is 7.11. The summed E-state index contributed by atoms with van der Waals surface area (Å²) in [6.07, 6.45) is 2.65. The Morgan fingerprint density at radius 2 is 1.95 bits per heavy atom. The molecule has 0 saturated heterocycles. The van der Waals surface area contributed by atoms with Gasteiger partial charge in [-0.05, 0) is 38.4 Å². The van der Waals surface area contributed by atoms with E-state index >= 15 is 0 Å². The number of nitrogens with one attached hydrogen (secondary N) is 1. The smallest absolute Gasteiger partial charge is 0.124 e. The predicted octanol–water partition coefficient (Wildman–Crippen LogP) is 2.23. The highest BCUT2D eigenvalue weighted by molar-refractivity contribution is 5.44. The van der Waals surface area contributed by atoms with Crippen molar-refractivity contribution in [3.8, 4) is 11.5 Å². The third-order valence-electron chi connectivity index (χ3n) is 3.81. The van der Waals surface area contributed by atoms with Crippen LogP contribution in [0.4, 0.5) is 0 Å². The topological polar surface area (TPSA) is 55.7 Å². The lowest BCUT2D eigenvalue weighted by atomic mass is 10.1. The standard InChI is InChI=1S/C15H24N2O2/c1-3-17(12-7-8-12)10-9-16-11(2)15-13(18)5-4-6-14(15)19/h4-6,11-12,16,18-19H,3,7-10H2,1-2H3. The maximum atomic E-state index is 9.80. The summed E-state index contributed by atoms with van der Waals surface area (Å²) in [5, 5.41) is 23.0. The first-order valence-corrected chi connectivity index (χ1v) is 7.11. The summed E-state index contributed by atoms with van der Waals surface area (Å²) in [6, 6.07) is 5.58. The molecule has 1 atom stereocenters. The zero-order chi connectivity index (χ0) is 13.8. The third-order valence-corrected chi connectivity index (χ3v) is 3.81. The number of phenols is 2. The zero-order valence-corrected chi connectivity index (χ0v) is 11.8. The lowest BCUT2D eigenvalue weighted by molar-refractivity contribution is 0.272. The van der Waals surface area contributed by atoms with Crippen molar-refractivity contribution in [3.63, 3.8) is 0 Å². The van der Waals surface area contributed by atoms with Gasteiger partial charge in [-0.3, -0.25) is 4.90 Å². The molecule has 1 unspecified atom stereocenters. The van der Waals surface area contributed by atoms with Crippen molar-refractivity contribution in [3.05, 3.63) is 23.8 Å². The second-order valence-corrected chi connectivity index (χ2v) is 5.25. The van der Waals surface area contributed by atoms with E-state index in [1.165, 1.54) is 12.8 Å². The Bertz CT molecular complexity index is 398. The molecule has 0 heterocycles. The number of rotatable bonds is 7. The lowest BCUT2D eigenvalue weighted by Crippen LogP contribution is -2.34. The predicted molar refractivity (Wildman–Crippen MR) is 76.5 cm³/mol. The van der Waals surface area contributed by atoms with Gasteiger partial charge in [-0.2, -0.15) is 0 Å². The molecule has 1 aromatic rings. The lowest BCUT2D eigenvalue weighted by Gasteiger charge is -2.22. The van der Waals surface area contributed by atoms with Crippen LogP contribution >= 0.6 is 0 Å². The fourth-order valence-electron chi connectivity index (χ4n) is 2.55. The molecule has 1 aliphatic rings. The van der Waals surface area contributed by atoms with Crippen LogP contribution in [0, 0.1) is 0 Å². The minimum atomic E-state index is -0.0564. The van der Waals surface area contributed by atoms with Crippen molar-refractivity contribution in [2.45, 2.75) is 38.8 Å². The monoisotopic (exact) mass is 264 g/mol. The number of likely N-dealkylation sites (N-methyl/N-ethyl adjacent to an activating group) is 1. The fourth-order valence-corrected chi connectivity index (χ4v) is 2.55. The Labute approximate surface area is 115 Å². The minimum Gasteiger partial charge on any atom is -0.507 e. The van der Waals surface area contributed by atoms with Crippen LogP contribution in [0.2, 0.25) is 0 Å². The Kier molecular flexibility index (Phi) is 4.66. The minimum absolute atomic E-state index is 0.0564. The second kappa shape index (κ2) is 6.26. The van der Waals surface area contributed by atoms with Crippen molar-refractivity contribution in [2.24, 2.45) is 0 Å². The van der Waals surface area contributed by atoms with Gasteiger partial charge in [0, 0.05) is 25.2 Å². The van der Waals surface area contributed by atoms with Crippen molar-refractivity contribution in [1.29, 1.82) is 0 Å². The molecule has 106 valence electrons. The molecule has 19 heavy (non-hydrogen) atoms. The van der Waals surface area contributed by atoms with Gasteiger partial charge in [0.2, 0.25) is 0 Å². The molecule has 0 radical (unpaired) electrons. The van der Waals surface area contributed by atoms with Crippen LogP contribution in [0.15, 0.2) is 18.2 Å². The summed E-state index contributed by atoms with van der Waals surface area (Å²) in [5.41, 5.74) is 0.581. The molecule has 4 heteroatoms. The average Bonchev–Trinajstić information content (AvgIpc) is 3.18. The van der Waals surface area contributed by atoms with Gasteiger partial charge >= 0.3 is 0 Å². The van der Waals surface area contributed by atoms with E-state index in [2.05, 4.69) is 17.1 Å². The van der Waals surface area contributed by atoms with Gasteiger partial charge in [-0.1, -0.05) is 13.0 Å². The SMILES string of the molecule is CCN(CCNC(C)c1c(O)cccc1O)C1CC1. The van der Waals surface area contributed by atoms with E-state index in [4.69, 9.17) is 0 Å². The number of benzene rings is 1. The summed E-state index contributed by atoms with van der Waals surface area (Å²) in [5.74, 6) is 0.295. The first-order valence-electron chi connectivity index (χ1n) is 7.11. The Morgan fingerprint density at radius 1 is 1.32 bits per heavy atom. The number of nitrogens with zero attached hydrogens (tertiary/aromatic N) is 1. The van der Waals surface area contributed by atoms with Gasteiger partial charge in [-0.25, -0.2) is 0 Å². The van der Waals surface area contributed by atoms with Gasteiger partial charge < -0.3 is 15.5 Å². The normalized spacial score (nSPS) is 16.8. The van der Waals surface area contributed by atoms with Crippen LogP contribution in [-0.2, 0) is 0 Å². The van der Waals surface area contributed by atoms with E-state index < -0.39 is 0 Å². The van der Waals surface area contributed by atoms with Crippen molar-refractivity contribution in [2.75, 3.05) is 19.6 Å². The van der Waals surface area contributed by atoms with Gasteiger partial charge in [-0.15, -0.1) is 0 Å². The van der Waals surface area contributed by atoms with Crippen molar-refractivity contribution in [1.82, 2.24) is 10.2 Å². The molecule has 1 fully saturated rings. The Hall–Kier alpha value is -1.26. The molecule has 4 nitrogen and oxygen atoms in total. The molecule has 0 spiro atoms. The Balaban J connectivity index is 1.85. The van der Waals surface area contributed by atoms with E-state index in [-0.39, 0.29) is 17.5 Å². The van der Waals surface area contributed by atoms with Gasteiger partial charge in [0.05, 0.1) is 5.56 Å². The molecule has 0 amide bonds. The van der Waals surface area contributed by atoms with Crippen molar-refractivity contribution < 1.29 is 10.2 Å². The summed E-state index contributed by atoms with van der Waals surface area (Å²) in [4.78, 5) is 2.48. The maximum Gasteiger partial charge on any atom is 0.124 e. The van der Waals surface area contributed by atoms with Crippen LogP contribution in [0.25, 0.3) is 0 Å². The third kappa shape index (κ3) is 3.61. The average molecular weight is 264 g/mol. The molecule has 3 N–H and O–H groups in total. The van der Waals surface area contributed by atoms with Gasteiger partial charge in [0.25, 0.3) is 0 Å². The quantitative estimate of drug-likeness (QED) is 0.707. The molecule has 2 rings (SSSR count). The fraction of sp³-hybridized carbons (Fsp3) is 0.600. The highest BCUT2D eigenvalue weighted by atomic mass is 16.3. The summed E-state index contributed by atoms with van der Waals surface area (Å²) >= 11 is 0.